The average molecular weight is 545 g/mol. The van der Waals surface area contributed by atoms with E-state index in [2.05, 4.69) is 54.5 Å². The summed E-state index contributed by atoms with van der Waals surface area (Å²) in [6, 6.07) is 0. The van der Waals surface area contributed by atoms with Gasteiger partial charge in [0.1, 0.15) is 0 Å². The quantitative estimate of drug-likeness (QED) is 0.152. The molecule has 4 aliphatic carbocycles. The zero-order chi connectivity index (χ0) is 28.0. The Hall–Kier alpha value is -0.380. The van der Waals surface area contributed by atoms with E-state index in [0.29, 0.717) is 49.5 Å². The van der Waals surface area contributed by atoms with Crippen LogP contribution in [-0.4, -0.2) is 38.6 Å². The van der Waals surface area contributed by atoms with Gasteiger partial charge in [0.2, 0.25) is 0 Å². The van der Waals surface area contributed by atoms with Crippen LogP contribution in [0.5, 0.6) is 0 Å². The molecule has 3 heteroatoms. The normalized spacial score (nSPS) is 36.9. The van der Waals surface area contributed by atoms with Crippen molar-refractivity contribution >= 4 is 0 Å². The summed E-state index contributed by atoms with van der Waals surface area (Å²) < 4.78 is 18.0. The first-order chi connectivity index (χ1) is 18.7. The molecule has 0 aromatic rings. The molecule has 3 saturated carbocycles. The Kier molecular flexibility index (Phi) is 11.5. The number of rotatable bonds is 15. The Balaban J connectivity index is 1.25. The third kappa shape index (κ3) is 7.16. The summed E-state index contributed by atoms with van der Waals surface area (Å²) in [5.41, 5.74) is 2.73. The van der Waals surface area contributed by atoms with Crippen LogP contribution < -0.4 is 0 Å². The largest absolute Gasteiger partial charge is 0.377 e. The zero-order valence-electron chi connectivity index (χ0n) is 26.9. The minimum absolute atomic E-state index is 0.376. The molecule has 0 aromatic carbocycles. The highest BCUT2D eigenvalue weighted by Gasteiger charge is 2.59. The van der Waals surface area contributed by atoms with Crippen molar-refractivity contribution in [2.75, 3.05) is 26.4 Å². The summed E-state index contributed by atoms with van der Waals surface area (Å²) in [6.45, 7) is 19.9. The minimum Gasteiger partial charge on any atom is -0.377 e. The average Bonchev–Trinajstić information content (AvgIpc) is 3.27. The molecule has 4 aliphatic rings. The van der Waals surface area contributed by atoms with Crippen molar-refractivity contribution < 1.29 is 14.2 Å². The van der Waals surface area contributed by atoms with Gasteiger partial charge in [-0.05, 0) is 111 Å². The molecule has 0 N–H and O–H groups in total. The van der Waals surface area contributed by atoms with Gasteiger partial charge in [-0.2, -0.15) is 0 Å². The monoisotopic (exact) mass is 544 g/mol. The molecule has 226 valence electrons. The maximum Gasteiger partial charge on any atom is 0.0704 e. The second kappa shape index (κ2) is 14.2. The molecular weight excluding hydrogens is 480 g/mol. The Morgan fingerprint density at radius 1 is 0.872 bits per heavy atom. The number of fused-ring (bicyclic) bond motifs is 5. The van der Waals surface area contributed by atoms with Crippen molar-refractivity contribution in [2.45, 2.75) is 144 Å². The first-order valence-corrected chi connectivity index (χ1v) is 17.2. The van der Waals surface area contributed by atoms with Crippen LogP contribution in [-0.2, 0) is 14.2 Å². The molecule has 0 spiro atoms. The van der Waals surface area contributed by atoms with Crippen LogP contribution in [0.4, 0.5) is 0 Å². The molecule has 0 aliphatic heterocycles. The molecule has 8 atom stereocenters. The highest BCUT2D eigenvalue weighted by molar-refractivity contribution is 5.25. The number of allylic oxidation sites excluding steroid dienone is 1. The lowest BCUT2D eigenvalue weighted by atomic mass is 9.47. The molecule has 0 bridgehead atoms. The topological polar surface area (TPSA) is 27.7 Å². The van der Waals surface area contributed by atoms with Crippen LogP contribution in [0, 0.1) is 46.3 Å². The van der Waals surface area contributed by atoms with Gasteiger partial charge in [-0.1, -0.05) is 79.4 Å². The van der Waals surface area contributed by atoms with Gasteiger partial charge in [-0.15, -0.1) is 0 Å². The summed E-state index contributed by atoms with van der Waals surface area (Å²) in [5, 5.41) is 0. The SMILES string of the molecule is CCC(CC)OCCOCCO[C@H]1CC[C@@]2(C)C(=CCC3C4CCC(C(C)CCCC(C)C)[C@@]4(C)CCC32)C1. The lowest BCUT2D eigenvalue weighted by Crippen LogP contribution is -2.51. The summed E-state index contributed by atoms with van der Waals surface area (Å²) in [4.78, 5) is 0. The van der Waals surface area contributed by atoms with Gasteiger partial charge in [0.15, 0.2) is 0 Å². The van der Waals surface area contributed by atoms with Crippen LogP contribution in [0.3, 0.4) is 0 Å². The fourth-order valence-corrected chi connectivity index (χ4v) is 9.97. The summed E-state index contributed by atoms with van der Waals surface area (Å²) in [7, 11) is 0. The molecule has 4 rings (SSSR count). The van der Waals surface area contributed by atoms with E-state index in [1.54, 1.807) is 5.57 Å². The Morgan fingerprint density at radius 2 is 1.64 bits per heavy atom. The number of ether oxygens (including phenoxy) is 3. The van der Waals surface area contributed by atoms with Crippen LogP contribution in [0.25, 0.3) is 0 Å². The number of hydrogen-bond donors (Lipinski definition) is 0. The molecule has 39 heavy (non-hydrogen) atoms. The van der Waals surface area contributed by atoms with Gasteiger partial charge in [-0.3, -0.25) is 0 Å². The van der Waals surface area contributed by atoms with Crippen molar-refractivity contribution in [3.63, 3.8) is 0 Å². The first kappa shape index (κ1) is 31.6. The molecule has 0 radical (unpaired) electrons. The second-order valence-electron chi connectivity index (χ2n) is 14.9. The van der Waals surface area contributed by atoms with E-state index >= 15 is 0 Å². The molecule has 0 heterocycles. The zero-order valence-corrected chi connectivity index (χ0v) is 26.9. The Morgan fingerprint density at radius 3 is 2.38 bits per heavy atom. The van der Waals surface area contributed by atoms with Crippen LogP contribution in [0.1, 0.15) is 132 Å². The number of hydrogen-bond acceptors (Lipinski definition) is 3. The Labute approximate surface area is 242 Å². The van der Waals surface area contributed by atoms with Crippen molar-refractivity contribution in [1.82, 2.24) is 0 Å². The third-order valence-electron chi connectivity index (χ3n) is 12.3. The van der Waals surface area contributed by atoms with E-state index in [-0.39, 0.29) is 0 Å². The molecular formula is C36H64O3. The van der Waals surface area contributed by atoms with Crippen molar-refractivity contribution in [2.24, 2.45) is 46.3 Å². The van der Waals surface area contributed by atoms with E-state index < -0.39 is 0 Å². The van der Waals surface area contributed by atoms with Crippen LogP contribution in [0.2, 0.25) is 0 Å². The highest BCUT2D eigenvalue weighted by Crippen LogP contribution is 2.67. The van der Waals surface area contributed by atoms with Gasteiger partial charge >= 0.3 is 0 Å². The van der Waals surface area contributed by atoms with Gasteiger partial charge in [-0.25, -0.2) is 0 Å². The minimum atomic E-state index is 0.376. The molecule has 0 aromatic heterocycles. The highest BCUT2D eigenvalue weighted by atomic mass is 16.5. The fourth-order valence-electron chi connectivity index (χ4n) is 9.97. The predicted molar refractivity (Wildman–Crippen MR) is 164 cm³/mol. The molecule has 5 unspecified atom stereocenters. The predicted octanol–water partition coefficient (Wildman–Crippen LogP) is 9.63. The lowest BCUT2D eigenvalue weighted by Gasteiger charge is -2.58. The molecule has 3 nitrogen and oxygen atoms in total. The van der Waals surface area contributed by atoms with Crippen LogP contribution >= 0.6 is 0 Å². The van der Waals surface area contributed by atoms with E-state index in [4.69, 9.17) is 14.2 Å². The van der Waals surface area contributed by atoms with E-state index in [1.165, 1.54) is 64.2 Å². The van der Waals surface area contributed by atoms with Gasteiger partial charge in [0.05, 0.1) is 38.6 Å². The summed E-state index contributed by atoms with van der Waals surface area (Å²) in [5.74, 6) is 5.45. The van der Waals surface area contributed by atoms with Crippen LogP contribution in [0.15, 0.2) is 11.6 Å². The van der Waals surface area contributed by atoms with Gasteiger partial charge < -0.3 is 14.2 Å². The van der Waals surface area contributed by atoms with E-state index in [0.717, 1.165) is 54.8 Å². The summed E-state index contributed by atoms with van der Waals surface area (Å²) >= 11 is 0. The van der Waals surface area contributed by atoms with Crippen molar-refractivity contribution in [3.8, 4) is 0 Å². The van der Waals surface area contributed by atoms with Crippen molar-refractivity contribution in [3.05, 3.63) is 11.6 Å². The lowest BCUT2D eigenvalue weighted by molar-refractivity contribution is -0.0698. The van der Waals surface area contributed by atoms with Gasteiger partial charge in [0, 0.05) is 0 Å². The Bertz CT molecular complexity index is 771. The molecule has 0 amide bonds. The standard InChI is InChI=1S/C36H64O3/c1-8-29(9-2)38-23-21-37-22-24-39-30-17-19-35(6)28(25-30)13-14-31-33-16-15-32(27(5)12-10-11-26(3)4)36(33,7)20-18-34(31)35/h13,26-27,29-34H,8-12,14-25H2,1-7H3/t27?,30-,31?,32?,33?,34?,35-,36+/m0/s1. The maximum absolute atomic E-state index is 6.35. The van der Waals surface area contributed by atoms with E-state index in [9.17, 15) is 0 Å². The summed E-state index contributed by atoms with van der Waals surface area (Å²) in [6.07, 6.45) is 20.8. The second-order valence-corrected chi connectivity index (χ2v) is 14.9. The van der Waals surface area contributed by atoms with Gasteiger partial charge in [0.25, 0.3) is 0 Å². The third-order valence-corrected chi connectivity index (χ3v) is 12.3. The first-order valence-electron chi connectivity index (χ1n) is 17.2. The molecule has 0 saturated heterocycles. The molecule has 3 fully saturated rings. The van der Waals surface area contributed by atoms with E-state index in [1.807, 2.05) is 0 Å². The maximum atomic E-state index is 6.35. The van der Waals surface area contributed by atoms with Crippen molar-refractivity contribution in [1.29, 1.82) is 0 Å². The fraction of sp³-hybridized carbons (Fsp3) is 0.944. The smallest absolute Gasteiger partial charge is 0.0704 e.